The molecule has 0 aliphatic carbocycles. The zero-order chi connectivity index (χ0) is 15.1. The second-order valence-electron chi connectivity index (χ2n) is 5.24. The van der Waals surface area contributed by atoms with Crippen molar-refractivity contribution in [1.29, 1.82) is 0 Å². The van der Waals surface area contributed by atoms with Gasteiger partial charge in [0.1, 0.15) is 6.04 Å². The van der Waals surface area contributed by atoms with Crippen LogP contribution in [0.3, 0.4) is 0 Å². The molecule has 0 aliphatic rings. The molecule has 20 heavy (non-hydrogen) atoms. The standard InChI is InChI=1S/C15H23N3O2/c1-10(2)9-17-14(19)11(3)18-15(20)13-6-4-12(8-16)5-7-13/h4-7,10-11H,8-9,16H2,1-3H3,(H,17,19)(H,18,20). The van der Waals surface area contributed by atoms with Gasteiger partial charge in [0.2, 0.25) is 5.91 Å². The predicted octanol–water partition coefficient (Wildman–Crippen LogP) is 1.04. The molecule has 0 radical (unpaired) electrons. The van der Waals surface area contributed by atoms with Crippen molar-refractivity contribution in [3.8, 4) is 0 Å². The highest BCUT2D eigenvalue weighted by atomic mass is 16.2. The Balaban J connectivity index is 2.53. The van der Waals surface area contributed by atoms with Crippen molar-refractivity contribution in [3.05, 3.63) is 35.4 Å². The van der Waals surface area contributed by atoms with Gasteiger partial charge in [-0.2, -0.15) is 0 Å². The molecule has 0 saturated carbocycles. The van der Waals surface area contributed by atoms with Gasteiger partial charge in [0, 0.05) is 18.7 Å². The van der Waals surface area contributed by atoms with E-state index in [9.17, 15) is 9.59 Å². The summed E-state index contributed by atoms with van der Waals surface area (Å²) in [6.07, 6.45) is 0. The number of nitrogens with one attached hydrogen (secondary N) is 2. The lowest BCUT2D eigenvalue weighted by atomic mass is 10.1. The second kappa shape index (κ2) is 7.65. The fourth-order valence-electron chi connectivity index (χ4n) is 1.60. The van der Waals surface area contributed by atoms with Gasteiger partial charge >= 0.3 is 0 Å². The maximum atomic E-state index is 12.0. The smallest absolute Gasteiger partial charge is 0.251 e. The summed E-state index contributed by atoms with van der Waals surface area (Å²) in [6.45, 7) is 6.74. The molecule has 2 amide bonds. The monoisotopic (exact) mass is 277 g/mol. The number of hydrogen-bond donors (Lipinski definition) is 3. The largest absolute Gasteiger partial charge is 0.354 e. The van der Waals surface area contributed by atoms with E-state index in [1.54, 1.807) is 31.2 Å². The van der Waals surface area contributed by atoms with Crippen LogP contribution in [0.4, 0.5) is 0 Å². The molecule has 0 spiro atoms. The summed E-state index contributed by atoms with van der Waals surface area (Å²) in [7, 11) is 0. The summed E-state index contributed by atoms with van der Waals surface area (Å²) in [6, 6.07) is 6.46. The van der Waals surface area contributed by atoms with Gasteiger partial charge in [-0.3, -0.25) is 9.59 Å². The Hall–Kier alpha value is -1.88. The van der Waals surface area contributed by atoms with E-state index < -0.39 is 6.04 Å². The van der Waals surface area contributed by atoms with Crippen molar-refractivity contribution in [3.63, 3.8) is 0 Å². The van der Waals surface area contributed by atoms with Crippen molar-refractivity contribution >= 4 is 11.8 Å². The van der Waals surface area contributed by atoms with Crippen LogP contribution < -0.4 is 16.4 Å². The number of hydrogen-bond acceptors (Lipinski definition) is 3. The molecule has 110 valence electrons. The highest BCUT2D eigenvalue weighted by molar-refractivity contribution is 5.97. The average Bonchev–Trinajstić information content (AvgIpc) is 2.44. The fourth-order valence-corrected chi connectivity index (χ4v) is 1.60. The van der Waals surface area contributed by atoms with E-state index in [-0.39, 0.29) is 11.8 Å². The quantitative estimate of drug-likeness (QED) is 0.726. The van der Waals surface area contributed by atoms with E-state index >= 15 is 0 Å². The van der Waals surface area contributed by atoms with Crippen LogP contribution >= 0.6 is 0 Å². The Morgan fingerprint density at radius 2 is 1.75 bits per heavy atom. The van der Waals surface area contributed by atoms with Crippen LogP contribution in [0.25, 0.3) is 0 Å². The number of rotatable bonds is 6. The zero-order valence-corrected chi connectivity index (χ0v) is 12.3. The van der Waals surface area contributed by atoms with E-state index in [1.165, 1.54) is 0 Å². The minimum absolute atomic E-state index is 0.175. The maximum absolute atomic E-state index is 12.0. The van der Waals surface area contributed by atoms with Crippen LogP contribution in [0.15, 0.2) is 24.3 Å². The molecule has 1 aromatic rings. The summed E-state index contributed by atoms with van der Waals surface area (Å²) in [4.78, 5) is 23.7. The SMILES string of the molecule is CC(C)CNC(=O)C(C)NC(=O)c1ccc(CN)cc1. The summed E-state index contributed by atoms with van der Waals surface area (Å²) in [5, 5.41) is 5.46. The Kier molecular flexibility index (Phi) is 6.18. The molecule has 0 aliphatic heterocycles. The normalized spacial score (nSPS) is 12.1. The molecule has 1 atom stereocenters. The van der Waals surface area contributed by atoms with E-state index in [2.05, 4.69) is 10.6 Å². The molecular formula is C15H23N3O2. The molecule has 4 N–H and O–H groups in total. The molecule has 0 bridgehead atoms. The van der Waals surface area contributed by atoms with Gasteiger partial charge in [-0.1, -0.05) is 26.0 Å². The lowest BCUT2D eigenvalue weighted by molar-refractivity contribution is -0.122. The van der Waals surface area contributed by atoms with Crippen LogP contribution in [-0.2, 0) is 11.3 Å². The van der Waals surface area contributed by atoms with Crippen molar-refractivity contribution in [2.75, 3.05) is 6.54 Å². The lowest BCUT2D eigenvalue weighted by Crippen LogP contribution is -2.45. The van der Waals surface area contributed by atoms with Gasteiger partial charge in [0.15, 0.2) is 0 Å². The van der Waals surface area contributed by atoms with Crippen LogP contribution in [0.2, 0.25) is 0 Å². The molecule has 0 heterocycles. The number of carbonyl (C=O) groups is 2. The highest BCUT2D eigenvalue weighted by Gasteiger charge is 2.16. The number of amides is 2. The summed E-state index contributed by atoms with van der Waals surface area (Å²) in [5.74, 6) is -0.0583. The lowest BCUT2D eigenvalue weighted by Gasteiger charge is -2.15. The third kappa shape index (κ3) is 5.01. The first-order valence-corrected chi connectivity index (χ1v) is 6.81. The van der Waals surface area contributed by atoms with E-state index in [0.717, 1.165) is 5.56 Å². The Morgan fingerprint density at radius 1 is 1.15 bits per heavy atom. The van der Waals surface area contributed by atoms with Gasteiger partial charge in [0.25, 0.3) is 5.91 Å². The summed E-state index contributed by atoms with van der Waals surface area (Å²) >= 11 is 0. The van der Waals surface area contributed by atoms with Crippen molar-refractivity contribution in [2.24, 2.45) is 11.7 Å². The van der Waals surface area contributed by atoms with Crippen molar-refractivity contribution in [2.45, 2.75) is 33.4 Å². The minimum Gasteiger partial charge on any atom is -0.354 e. The van der Waals surface area contributed by atoms with Gasteiger partial charge in [-0.15, -0.1) is 0 Å². The average molecular weight is 277 g/mol. The van der Waals surface area contributed by atoms with Crippen LogP contribution in [0, 0.1) is 5.92 Å². The predicted molar refractivity (Wildman–Crippen MR) is 79.1 cm³/mol. The first-order valence-electron chi connectivity index (χ1n) is 6.81. The fraction of sp³-hybridized carbons (Fsp3) is 0.467. The van der Waals surface area contributed by atoms with Crippen molar-refractivity contribution in [1.82, 2.24) is 10.6 Å². The van der Waals surface area contributed by atoms with E-state index in [4.69, 9.17) is 5.73 Å². The number of benzene rings is 1. The summed E-state index contributed by atoms with van der Waals surface area (Å²) < 4.78 is 0. The minimum atomic E-state index is -0.560. The molecule has 1 unspecified atom stereocenters. The molecular weight excluding hydrogens is 254 g/mol. The first-order chi connectivity index (χ1) is 9.43. The molecule has 5 heteroatoms. The Labute approximate surface area is 119 Å². The first kappa shape index (κ1) is 16.2. The van der Waals surface area contributed by atoms with Crippen LogP contribution in [0.5, 0.6) is 0 Å². The van der Waals surface area contributed by atoms with Gasteiger partial charge in [-0.05, 0) is 30.5 Å². The third-order valence-electron chi connectivity index (χ3n) is 2.88. The second-order valence-corrected chi connectivity index (χ2v) is 5.24. The molecule has 0 saturated heterocycles. The Bertz CT molecular complexity index is 455. The molecule has 0 fully saturated rings. The maximum Gasteiger partial charge on any atom is 0.251 e. The number of nitrogens with two attached hydrogens (primary N) is 1. The van der Waals surface area contributed by atoms with Gasteiger partial charge < -0.3 is 16.4 Å². The number of carbonyl (C=O) groups excluding carboxylic acids is 2. The van der Waals surface area contributed by atoms with Crippen LogP contribution in [0.1, 0.15) is 36.7 Å². The molecule has 1 rings (SSSR count). The van der Waals surface area contributed by atoms with Gasteiger partial charge in [-0.25, -0.2) is 0 Å². The third-order valence-corrected chi connectivity index (χ3v) is 2.88. The topological polar surface area (TPSA) is 84.2 Å². The zero-order valence-electron chi connectivity index (χ0n) is 12.3. The van der Waals surface area contributed by atoms with Crippen molar-refractivity contribution < 1.29 is 9.59 Å². The van der Waals surface area contributed by atoms with Crippen LogP contribution in [-0.4, -0.2) is 24.4 Å². The molecule has 0 aromatic heterocycles. The highest BCUT2D eigenvalue weighted by Crippen LogP contribution is 2.04. The molecule has 5 nitrogen and oxygen atoms in total. The molecule has 1 aromatic carbocycles. The van der Waals surface area contributed by atoms with E-state index in [0.29, 0.717) is 24.6 Å². The van der Waals surface area contributed by atoms with E-state index in [1.807, 2.05) is 13.8 Å². The Morgan fingerprint density at radius 3 is 2.25 bits per heavy atom. The van der Waals surface area contributed by atoms with Gasteiger partial charge in [0.05, 0.1) is 0 Å². The summed E-state index contributed by atoms with van der Waals surface area (Å²) in [5.41, 5.74) is 6.98.